The van der Waals surface area contributed by atoms with Crippen molar-refractivity contribution < 1.29 is 18.1 Å². The average Bonchev–Trinajstić information content (AvgIpc) is 3.35. The van der Waals surface area contributed by atoms with E-state index >= 15 is 0 Å². The molecule has 0 saturated carbocycles. The van der Waals surface area contributed by atoms with Crippen LogP contribution >= 0.6 is 0 Å². The SMILES string of the molecule is C=CCN(CC=C)Cc1nc(-c2ncn3c2C2CCN2C(=O)c2c-3ccc(F)c2F)no1. The first-order valence-electron chi connectivity index (χ1n) is 10.2. The first-order valence-corrected chi connectivity index (χ1v) is 10.2. The highest BCUT2D eigenvalue weighted by molar-refractivity contribution is 5.99. The number of fused-ring (bicyclic) bond motifs is 5. The van der Waals surface area contributed by atoms with Gasteiger partial charge >= 0.3 is 0 Å². The quantitative estimate of drug-likeness (QED) is 0.527. The summed E-state index contributed by atoms with van der Waals surface area (Å²) in [6.07, 6.45) is 5.70. The molecule has 1 unspecified atom stereocenters. The fraction of sp³-hybridized carbons (Fsp3) is 0.273. The largest absolute Gasteiger partial charge is 0.337 e. The summed E-state index contributed by atoms with van der Waals surface area (Å²) in [5.41, 5.74) is 1.04. The van der Waals surface area contributed by atoms with Crippen LogP contribution in [0.5, 0.6) is 0 Å². The molecule has 3 aromatic rings. The van der Waals surface area contributed by atoms with Crippen molar-refractivity contribution in [1.29, 1.82) is 0 Å². The molecule has 4 heterocycles. The van der Waals surface area contributed by atoms with Gasteiger partial charge in [-0.25, -0.2) is 13.8 Å². The third-order valence-electron chi connectivity index (χ3n) is 5.76. The van der Waals surface area contributed by atoms with E-state index in [1.165, 1.54) is 17.3 Å². The second-order valence-corrected chi connectivity index (χ2v) is 7.69. The van der Waals surface area contributed by atoms with Crippen molar-refractivity contribution in [1.82, 2.24) is 29.5 Å². The number of aromatic nitrogens is 4. The minimum Gasteiger partial charge on any atom is -0.337 e. The molecule has 32 heavy (non-hydrogen) atoms. The third-order valence-corrected chi connectivity index (χ3v) is 5.76. The summed E-state index contributed by atoms with van der Waals surface area (Å²) in [5, 5.41) is 4.08. The van der Waals surface area contributed by atoms with E-state index in [0.717, 1.165) is 6.07 Å². The molecule has 8 nitrogen and oxygen atoms in total. The monoisotopic (exact) mass is 438 g/mol. The van der Waals surface area contributed by atoms with Gasteiger partial charge in [0.1, 0.15) is 17.6 Å². The molecule has 1 fully saturated rings. The van der Waals surface area contributed by atoms with E-state index in [1.54, 1.807) is 16.7 Å². The lowest BCUT2D eigenvalue weighted by Gasteiger charge is -2.39. The van der Waals surface area contributed by atoms with Crippen molar-refractivity contribution in [2.45, 2.75) is 19.0 Å². The second kappa shape index (κ2) is 7.79. The Morgan fingerprint density at radius 3 is 2.72 bits per heavy atom. The van der Waals surface area contributed by atoms with Gasteiger partial charge in [0.25, 0.3) is 5.91 Å². The Morgan fingerprint density at radius 1 is 1.25 bits per heavy atom. The van der Waals surface area contributed by atoms with E-state index < -0.39 is 17.5 Å². The van der Waals surface area contributed by atoms with Gasteiger partial charge < -0.3 is 9.42 Å². The maximum absolute atomic E-state index is 14.6. The van der Waals surface area contributed by atoms with Crippen LogP contribution in [0.1, 0.15) is 34.4 Å². The second-order valence-electron chi connectivity index (χ2n) is 7.69. The van der Waals surface area contributed by atoms with Crippen molar-refractivity contribution in [2.75, 3.05) is 19.6 Å². The molecule has 5 rings (SSSR count). The Labute approximate surface area is 182 Å². The van der Waals surface area contributed by atoms with E-state index in [2.05, 4.69) is 28.3 Å². The summed E-state index contributed by atoms with van der Waals surface area (Å²) in [6.45, 7) is 9.60. The van der Waals surface area contributed by atoms with Crippen LogP contribution in [0.15, 0.2) is 48.3 Å². The van der Waals surface area contributed by atoms with E-state index in [1.807, 2.05) is 4.90 Å². The summed E-state index contributed by atoms with van der Waals surface area (Å²) in [7, 11) is 0. The maximum atomic E-state index is 14.6. The Kier molecular flexibility index (Phi) is 4.93. The smallest absolute Gasteiger partial charge is 0.259 e. The van der Waals surface area contributed by atoms with Crippen LogP contribution in [0, 0.1) is 11.6 Å². The number of amides is 1. The van der Waals surface area contributed by atoms with Gasteiger partial charge in [-0.1, -0.05) is 17.3 Å². The Bertz CT molecular complexity index is 1220. The molecule has 2 aromatic heterocycles. The Balaban J connectivity index is 1.56. The third kappa shape index (κ3) is 3.06. The summed E-state index contributed by atoms with van der Waals surface area (Å²) >= 11 is 0. The first kappa shape index (κ1) is 20.3. The van der Waals surface area contributed by atoms with Gasteiger partial charge in [0, 0.05) is 19.6 Å². The highest BCUT2D eigenvalue weighted by atomic mass is 19.2. The predicted molar refractivity (Wildman–Crippen MR) is 111 cm³/mol. The number of halogens is 2. The van der Waals surface area contributed by atoms with Crippen LogP contribution in [-0.2, 0) is 6.54 Å². The van der Waals surface area contributed by atoms with Gasteiger partial charge in [-0.05, 0) is 18.6 Å². The van der Waals surface area contributed by atoms with Crippen LogP contribution in [0.4, 0.5) is 8.78 Å². The molecule has 0 radical (unpaired) electrons. The van der Waals surface area contributed by atoms with Crippen molar-refractivity contribution in [3.8, 4) is 17.2 Å². The van der Waals surface area contributed by atoms with Gasteiger partial charge in [-0.15, -0.1) is 13.2 Å². The van der Waals surface area contributed by atoms with Crippen molar-refractivity contribution in [2.24, 2.45) is 0 Å². The molecular weight excluding hydrogens is 418 g/mol. The summed E-state index contributed by atoms with van der Waals surface area (Å²) in [4.78, 5) is 25.4. The number of benzene rings is 1. The van der Waals surface area contributed by atoms with Crippen LogP contribution in [0.2, 0.25) is 0 Å². The van der Waals surface area contributed by atoms with Gasteiger partial charge in [0.15, 0.2) is 11.6 Å². The Morgan fingerprint density at radius 2 is 2.03 bits per heavy atom. The van der Waals surface area contributed by atoms with Gasteiger partial charge in [0.05, 0.1) is 24.0 Å². The maximum Gasteiger partial charge on any atom is 0.259 e. The minimum absolute atomic E-state index is 0.240. The highest BCUT2D eigenvalue weighted by Gasteiger charge is 2.43. The fourth-order valence-electron chi connectivity index (χ4n) is 4.22. The summed E-state index contributed by atoms with van der Waals surface area (Å²) in [6, 6.07) is 2.06. The van der Waals surface area contributed by atoms with Crippen LogP contribution in [-0.4, -0.2) is 55.0 Å². The number of imidazole rings is 1. The molecule has 2 aliphatic heterocycles. The molecule has 0 spiro atoms. The number of rotatable bonds is 7. The number of carbonyl (C=O) groups excluding carboxylic acids is 1. The molecule has 1 saturated heterocycles. The molecule has 0 N–H and O–H groups in total. The molecule has 1 aromatic carbocycles. The molecule has 164 valence electrons. The molecule has 0 aliphatic carbocycles. The van der Waals surface area contributed by atoms with E-state index in [-0.39, 0.29) is 23.1 Å². The fourth-order valence-corrected chi connectivity index (χ4v) is 4.22. The van der Waals surface area contributed by atoms with E-state index in [4.69, 9.17) is 4.52 Å². The van der Waals surface area contributed by atoms with Crippen LogP contribution in [0.25, 0.3) is 17.2 Å². The lowest BCUT2D eigenvalue weighted by atomic mass is 9.97. The molecular formula is C22H20F2N6O2. The average molecular weight is 438 g/mol. The van der Waals surface area contributed by atoms with Crippen molar-refractivity contribution in [3.63, 3.8) is 0 Å². The topological polar surface area (TPSA) is 80.3 Å². The molecule has 1 amide bonds. The van der Waals surface area contributed by atoms with Gasteiger partial charge in [0.2, 0.25) is 11.7 Å². The van der Waals surface area contributed by atoms with E-state index in [0.29, 0.717) is 49.9 Å². The zero-order chi connectivity index (χ0) is 22.4. The van der Waals surface area contributed by atoms with Gasteiger partial charge in [-0.3, -0.25) is 14.3 Å². The number of hydrogen-bond acceptors (Lipinski definition) is 6. The predicted octanol–water partition coefficient (Wildman–Crippen LogP) is 3.28. The number of hydrogen-bond donors (Lipinski definition) is 0. The number of nitrogens with zero attached hydrogens (tertiary/aromatic N) is 6. The molecule has 2 aliphatic rings. The minimum atomic E-state index is -1.16. The normalized spacial score (nSPS) is 16.8. The summed E-state index contributed by atoms with van der Waals surface area (Å²) < 4.78 is 35.5. The van der Waals surface area contributed by atoms with Crippen molar-refractivity contribution in [3.05, 3.63) is 72.6 Å². The first-order chi connectivity index (χ1) is 15.5. The number of carbonyl (C=O) groups is 1. The standard InChI is InChI=1S/C22H20F2N6O2/c1-3-8-28(9-4-2)11-16-26-21(27-32-16)19-20-15-7-10-29(15)22(31)17-14(30(20)12-25-19)6-5-13(23)18(17)24/h3-6,12,15H,1-2,7-11H2. The van der Waals surface area contributed by atoms with Gasteiger partial charge in [-0.2, -0.15) is 4.98 Å². The Hall–Kier alpha value is -3.66. The van der Waals surface area contributed by atoms with Crippen LogP contribution in [0.3, 0.4) is 0 Å². The summed E-state index contributed by atoms with van der Waals surface area (Å²) in [5.74, 6) is -2.09. The zero-order valence-corrected chi connectivity index (χ0v) is 17.2. The molecule has 0 bridgehead atoms. The molecule has 10 heteroatoms. The van der Waals surface area contributed by atoms with E-state index in [9.17, 15) is 13.6 Å². The van der Waals surface area contributed by atoms with Crippen LogP contribution < -0.4 is 0 Å². The zero-order valence-electron chi connectivity index (χ0n) is 17.2. The lowest BCUT2D eigenvalue weighted by Crippen LogP contribution is -2.45. The molecule has 1 atom stereocenters. The lowest BCUT2D eigenvalue weighted by molar-refractivity contribution is 0.0456. The highest BCUT2D eigenvalue weighted by Crippen LogP contribution is 2.43. The van der Waals surface area contributed by atoms with Crippen molar-refractivity contribution >= 4 is 5.91 Å².